The average molecular weight is 355 g/mol. The van der Waals surface area contributed by atoms with Crippen LogP contribution in [0.5, 0.6) is 0 Å². The van der Waals surface area contributed by atoms with Crippen molar-refractivity contribution >= 4 is 5.97 Å². The van der Waals surface area contributed by atoms with E-state index in [2.05, 4.69) is 13.8 Å². The van der Waals surface area contributed by atoms with Gasteiger partial charge in [0.25, 0.3) is 0 Å². The summed E-state index contributed by atoms with van der Waals surface area (Å²) in [4.78, 5) is 10.4. The van der Waals surface area contributed by atoms with Crippen molar-refractivity contribution < 1.29 is 9.90 Å². The molecule has 0 aliphatic heterocycles. The highest BCUT2D eigenvalue weighted by Crippen LogP contribution is 2.19. The second-order valence-electron chi connectivity index (χ2n) is 8.13. The lowest BCUT2D eigenvalue weighted by Gasteiger charge is -2.11. The smallest absolute Gasteiger partial charge is 0.303 e. The molecule has 2 nitrogen and oxygen atoms in total. The quantitative estimate of drug-likeness (QED) is 0.224. The molecule has 0 saturated carbocycles. The molecule has 0 rings (SSSR count). The molecule has 2 heteroatoms. The standard InChI is InChI=1S/C23H46O2/c1-3-4-5-6-7-10-13-16-19-22(2)20-17-14-11-8-9-12-15-18-21-23(24)25/h22H,3-21H2,1-2H3,(H,24,25). The SMILES string of the molecule is CCCCCCCCCCC(C)CCCCCCCCCCC(=O)O. The minimum atomic E-state index is -0.652. The Morgan fingerprint density at radius 3 is 1.40 bits per heavy atom. The van der Waals surface area contributed by atoms with Gasteiger partial charge in [-0.25, -0.2) is 0 Å². The molecule has 0 aromatic heterocycles. The lowest BCUT2D eigenvalue weighted by atomic mass is 9.95. The summed E-state index contributed by atoms with van der Waals surface area (Å²) in [6.45, 7) is 4.72. The van der Waals surface area contributed by atoms with Gasteiger partial charge in [-0.3, -0.25) is 4.79 Å². The summed E-state index contributed by atoms with van der Waals surface area (Å²) in [5.74, 6) is 0.261. The Balaban J connectivity index is 3.15. The molecule has 0 spiro atoms. The van der Waals surface area contributed by atoms with Crippen LogP contribution in [-0.2, 0) is 4.79 Å². The summed E-state index contributed by atoms with van der Waals surface area (Å²) in [5.41, 5.74) is 0. The lowest BCUT2D eigenvalue weighted by Crippen LogP contribution is -1.95. The molecule has 1 atom stereocenters. The third-order valence-corrected chi connectivity index (χ3v) is 5.39. The topological polar surface area (TPSA) is 37.3 Å². The van der Waals surface area contributed by atoms with Gasteiger partial charge in [0, 0.05) is 6.42 Å². The van der Waals surface area contributed by atoms with Crippen LogP contribution in [0.4, 0.5) is 0 Å². The second kappa shape index (κ2) is 19.8. The monoisotopic (exact) mass is 354 g/mol. The molecule has 0 saturated heterocycles. The predicted molar refractivity (Wildman–Crippen MR) is 110 cm³/mol. The molecule has 0 radical (unpaired) electrons. The Bertz CT molecular complexity index is 275. The average Bonchev–Trinajstić information content (AvgIpc) is 2.58. The summed E-state index contributed by atoms with van der Waals surface area (Å²) in [6, 6.07) is 0. The Hall–Kier alpha value is -0.530. The number of hydrogen-bond acceptors (Lipinski definition) is 1. The van der Waals surface area contributed by atoms with Gasteiger partial charge in [-0.05, 0) is 12.3 Å². The van der Waals surface area contributed by atoms with Crippen molar-refractivity contribution in [2.75, 3.05) is 0 Å². The third-order valence-electron chi connectivity index (χ3n) is 5.39. The van der Waals surface area contributed by atoms with E-state index >= 15 is 0 Å². The molecule has 0 aliphatic rings. The molecular weight excluding hydrogens is 308 g/mol. The van der Waals surface area contributed by atoms with Crippen LogP contribution in [0, 0.1) is 5.92 Å². The zero-order chi connectivity index (χ0) is 18.6. The number of carboxylic acid groups (broad SMARTS) is 1. The van der Waals surface area contributed by atoms with Crippen LogP contribution in [0.2, 0.25) is 0 Å². The highest BCUT2D eigenvalue weighted by Gasteiger charge is 2.02. The summed E-state index contributed by atoms with van der Waals surface area (Å²) < 4.78 is 0. The van der Waals surface area contributed by atoms with E-state index in [1.54, 1.807) is 0 Å². The first kappa shape index (κ1) is 24.5. The minimum absolute atomic E-state index is 0.344. The van der Waals surface area contributed by atoms with Gasteiger partial charge in [0.2, 0.25) is 0 Å². The minimum Gasteiger partial charge on any atom is -0.481 e. The number of carboxylic acids is 1. The molecular formula is C23H46O2. The summed E-state index contributed by atoms with van der Waals surface area (Å²) in [5, 5.41) is 8.58. The molecule has 0 aromatic carbocycles. The molecule has 0 aromatic rings. The van der Waals surface area contributed by atoms with Crippen molar-refractivity contribution in [3.63, 3.8) is 0 Å². The van der Waals surface area contributed by atoms with Crippen molar-refractivity contribution in [1.82, 2.24) is 0 Å². The first-order valence-electron chi connectivity index (χ1n) is 11.4. The van der Waals surface area contributed by atoms with Crippen LogP contribution in [0.1, 0.15) is 136 Å². The van der Waals surface area contributed by atoms with E-state index in [1.807, 2.05) is 0 Å². The fraction of sp³-hybridized carbons (Fsp3) is 0.957. The van der Waals surface area contributed by atoms with E-state index in [9.17, 15) is 4.79 Å². The first-order chi connectivity index (χ1) is 12.2. The van der Waals surface area contributed by atoms with Crippen molar-refractivity contribution in [2.24, 2.45) is 5.92 Å². The Labute approximate surface area is 158 Å². The molecule has 150 valence electrons. The summed E-state index contributed by atoms with van der Waals surface area (Å²) >= 11 is 0. The first-order valence-corrected chi connectivity index (χ1v) is 11.4. The van der Waals surface area contributed by atoms with Crippen LogP contribution in [-0.4, -0.2) is 11.1 Å². The lowest BCUT2D eigenvalue weighted by molar-refractivity contribution is -0.137. The van der Waals surface area contributed by atoms with Gasteiger partial charge < -0.3 is 5.11 Å². The van der Waals surface area contributed by atoms with E-state index < -0.39 is 5.97 Å². The van der Waals surface area contributed by atoms with Crippen LogP contribution in [0.15, 0.2) is 0 Å². The van der Waals surface area contributed by atoms with Crippen molar-refractivity contribution in [1.29, 1.82) is 0 Å². The molecule has 1 N–H and O–H groups in total. The zero-order valence-corrected chi connectivity index (χ0v) is 17.4. The molecule has 0 aliphatic carbocycles. The number of rotatable bonds is 20. The summed E-state index contributed by atoms with van der Waals surface area (Å²) in [6.07, 6.45) is 24.5. The second-order valence-corrected chi connectivity index (χ2v) is 8.13. The van der Waals surface area contributed by atoms with Gasteiger partial charge in [0.15, 0.2) is 0 Å². The van der Waals surface area contributed by atoms with Crippen LogP contribution in [0.3, 0.4) is 0 Å². The predicted octanol–water partition coefficient (Wildman–Crippen LogP) is 8.14. The summed E-state index contributed by atoms with van der Waals surface area (Å²) in [7, 11) is 0. The zero-order valence-electron chi connectivity index (χ0n) is 17.4. The molecule has 1 unspecified atom stereocenters. The van der Waals surface area contributed by atoms with Crippen molar-refractivity contribution in [3.8, 4) is 0 Å². The normalized spacial score (nSPS) is 12.4. The van der Waals surface area contributed by atoms with E-state index in [4.69, 9.17) is 5.11 Å². The highest BCUT2D eigenvalue weighted by atomic mass is 16.4. The van der Waals surface area contributed by atoms with Crippen molar-refractivity contribution in [3.05, 3.63) is 0 Å². The maximum absolute atomic E-state index is 10.4. The maximum Gasteiger partial charge on any atom is 0.303 e. The van der Waals surface area contributed by atoms with Gasteiger partial charge in [-0.1, -0.05) is 123 Å². The van der Waals surface area contributed by atoms with Crippen LogP contribution >= 0.6 is 0 Å². The van der Waals surface area contributed by atoms with E-state index in [-0.39, 0.29) is 0 Å². The molecule has 0 heterocycles. The van der Waals surface area contributed by atoms with Gasteiger partial charge in [-0.15, -0.1) is 0 Å². The number of hydrogen-bond donors (Lipinski definition) is 1. The Kier molecular flexibility index (Phi) is 19.4. The Morgan fingerprint density at radius 2 is 1.00 bits per heavy atom. The number of aliphatic carboxylic acids is 1. The van der Waals surface area contributed by atoms with E-state index in [1.165, 1.54) is 103 Å². The maximum atomic E-state index is 10.4. The van der Waals surface area contributed by atoms with Gasteiger partial charge in [-0.2, -0.15) is 0 Å². The molecule has 0 bridgehead atoms. The number of unbranched alkanes of at least 4 members (excludes halogenated alkanes) is 14. The third kappa shape index (κ3) is 21.4. The number of carbonyl (C=O) groups is 1. The van der Waals surface area contributed by atoms with Gasteiger partial charge >= 0.3 is 5.97 Å². The molecule has 0 amide bonds. The van der Waals surface area contributed by atoms with Crippen molar-refractivity contribution in [2.45, 2.75) is 136 Å². The van der Waals surface area contributed by atoms with E-state index in [0.717, 1.165) is 18.8 Å². The molecule has 25 heavy (non-hydrogen) atoms. The van der Waals surface area contributed by atoms with Crippen LogP contribution in [0.25, 0.3) is 0 Å². The highest BCUT2D eigenvalue weighted by molar-refractivity contribution is 5.66. The molecule has 0 fully saturated rings. The van der Waals surface area contributed by atoms with E-state index in [0.29, 0.717) is 6.42 Å². The fourth-order valence-electron chi connectivity index (χ4n) is 3.60. The van der Waals surface area contributed by atoms with Gasteiger partial charge in [0.1, 0.15) is 0 Å². The van der Waals surface area contributed by atoms with Crippen LogP contribution < -0.4 is 0 Å². The fourth-order valence-corrected chi connectivity index (χ4v) is 3.60. The largest absolute Gasteiger partial charge is 0.481 e. The van der Waals surface area contributed by atoms with Gasteiger partial charge in [0.05, 0.1) is 0 Å². The Morgan fingerprint density at radius 1 is 0.640 bits per heavy atom.